The minimum atomic E-state index is -1.34. The lowest BCUT2D eigenvalue weighted by Gasteiger charge is -2.24. The first-order valence-corrected chi connectivity index (χ1v) is 43.8. The summed E-state index contributed by atoms with van der Waals surface area (Å²) in [6.07, 6.45) is 43.4. The third-order valence-corrected chi connectivity index (χ3v) is 29.9. The van der Waals surface area contributed by atoms with Crippen molar-refractivity contribution in [2.24, 2.45) is 0 Å². The van der Waals surface area contributed by atoms with Crippen LogP contribution in [0.5, 0.6) is 11.5 Å². The quantitative estimate of drug-likeness (QED) is 0.0265. The van der Waals surface area contributed by atoms with E-state index in [2.05, 4.69) is 130 Å². The summed E-state index contributed by atoms with van der Waals surface area (Å²) in [6.45, 7) is 9.15. The SMILES string of the molecule is CCCCCCCCCCc1ccccc1OC(CCCCCCCCC)c1ccccc1S[PH](=S)SCCC(=O)NCS[PH](=S)Sc1ccccc1C(CCCCCCCCC)Oc1ccccc1CCCCCCCCCC. The molecular formula is C68H107NO3P2S6. The molecule has 0 bridgehead atoms. The Hall–Kier alpha value is -1.35. The van der Waals surface area contributed by atoms with E-state index in [1.165, 1.54) is 212 Å². The summed E-state index contributed by atoms with van der Waals surface area (Å²) in [5, 5.41) is 0.541. The smallest absolute Gasteiger partial charge is 0.221 e. The van der Waals surface area contributed by atoms with Crippen LogP contribution in [0.3, 0.4) is 0 Å². The second-order valence-corrected chi connectivity index (χ2v) is 40.5. The molecule has 4 aromatic carbocycles. The largest absolute Gasteiger partial charge is 0.485 e. The van der Waals surface area contributed by atoms with Gasteiger partial charge in [-0.2, -0.15) is 0 Å². The number of unbranched alkanes of at least 4 members (excludes halogenated alkanes) is 26. The second-order valence-electron chi connectivity index (χ2n) is 22.0. The zero-order chi connectivity index (χ0) is 56.9. The van der Waals surface area contributed by atoms with Crippen LogP contribution in [0.4, 0.5) is 0 Å². The molecule has 12 heteroatoms. The lowest BCUT2D eigenvalue weighted by molar-refractivity contribution is -0.120. The number of amides is 1. The number of benzene rings is 4. The molecule has 0 aromatic heterocycles. The van der Waals surface area contributed by atoms with Crippen molar-refractivity contribution in [3.8, 4) is 11.5 Å². The van der Waals surface area contributed by atoms with Crippen molar-refractivity contribution in [2.75, 3.05) is 11.6 Å². The summed E-state index contributed by atoms with van der Waals surface area (Å²) in [5.74, 6) is 3.37. The zero-order valence-electron chi connectivity index (χ0n) is 50.2. The molecule has 0 radical (unpaired) electrons. The summed E-state index contributed by atoms with van der Waals surface area (Å²) in [4.78, 5) is 15.7. The number of nitrogens with one attached hydrogen (secondary N) is 1. The van der Waals surface area contributed by atoms with Gasteiger partial charge in [-0.15, -0.1) is 11.4 Å². The van der Waals surface area contributed by atoms with E-state index in [-0.39, 0.29) is 18.1 Å². The molecule has 0 fully saturated rings. The van der Waals surface area contributed by atoms with Crippen LogP contribution in [0.15, 0.2) is 107 Å². The maximum Gasteiger partial charge on any atom is 0.221 e. The second kappa shape index (κ2) is 47.8. The lowest BCUT2D eigenvalue weighted by atomic mass is 10.0. The highest BCUT2D eigenvalue weighted by Crippen LogP contribution is 2.57. The molecule has 0 aliphatic rings. The third-order valence-electron chi connectivity index (χ3n) is 15.1. The molecule has 448 valence electrons. The summed E-state index contributed by atoms with van der Waals surface area (Å²) in [6, 6.07) is 35.1. The van der Waals surface area contributed by atoms with Gasteiger partial charge in [0.1, 0.15) is 23.7 Å². The Morgan fingerprint density at radius 3 is 1.19 bits per heavy atom. The minimum absolute atomic E-state index is 0.0315. The summed E-state index contributed by atoms with van der Waals surface area (Å²) >= 11 is 19.5. The number of para-hydroxylation sites is 2. The Labute approximate surface area is 517 Å². The third kappa shape index (κ3) is 32.2. The van der Waals surface area contributed by atoms with Crippen molar-refractivity contribution in [3.05, 3.63) is 119 Å². The normalized spacial score (nSPS) is 13.0. The van der Waals surface area contributed by atoms with E-state index in [1.807, 2.05) is 22.8 Å². The predicted octanol–water partition coefficient (Wildman–Crippen LogP) is 24.4. The van der Waals surface area contributed by atoms with Gasteiger partial charge in [-0.25, -0.2) is 0 Å². The van der Waals surface area contributed by atoms with Gasteiger partial charge in [-0.05, 0) is 86.8 Å². The Morgan fingerprint density at radius 1 is 0.438 bits per heavy atom. The van der Waals surface area contributed by atoms with Crippen molar-refractivity contribution in [2.45, 2.75) is 274 Å². The molecule has 4 aromatic rings. The van der Waals surface area contributed by atoms with Gasteiger partial charge < -0.3 is 14.8 Å². The number of rotatable bonds is 51. The summed E-state index contributed by atoms with van der Waals surface area (Å²) in [5.41, 5.74) is 5.14. The summed E-state index contributed by atoms with van der Waals surface area (Å²) in [7, 11) is 0. The van der Waals surface area contributed by atoms with Crippen LogP contribution in [0.2, 0.25) is 0 Å². The highest BCUT2D eigenvalue weighted by Gasteiger charge is 2.22. The topological polar surface area (TPSA) is 47.6 Å². The van der Waals surface area contributed by atoms with Gasteiger partial charge in [0.05, 0.1) is 11.0 Å². The van der Waals surface area contributed by atoms with E-state index < -0.39 is 10.2 Å². The van der Waals surface area contributed by atoms with E-state index in [0.29, 0.717) is 18.1 Å². The number of hydrogen-bond donors (Lipinski definition) is 1. The molecule has 4 nitrogen and oxygen atoms in total. The van der Waals surface area contributed by atoms with Gasteiger partial charge >= 0.3 is 0 Å². The van der Waals surface area contributed by atoms with Gasteiger partial charge in [0.15, 0.2) is 0 Å². The Kier molecular flexibility index (Phi) is 42.5. The molecule has 4 atom stereocenters. The molecule has 0 spiro atoms. The highest BCUT2D eigenvalue weighted by molar-refractivity contribution is 8.94. The van der Waals surface area contributed by atoms with E-state index in [1.54, 1.807) is 22.8 Å². The van der Waals surface area contributed by atoms with E-state index in [0.717, 1.165) is 50.0 Å². The van der Waals surface area contributed by atoms with Crippen LogP contribution in [0.25, 0.3) is 0 Å². The zero-order valence-corrected chi connectivity index (χ0v) is 57.1. The lowest BCUT2D eigenvalue weighted by Crippen LogP contribution is -2.22. The number of carbonyl (C=O) groups excluding carboxylic acids is 1. The van der Waals surface area contributed by atoms with Gasteiger partial charge in [0, 0.05) is 38.2 Å². The highest BCUT2D eigenvalue weighted by atomic mass is 33.2. The molecule has 1 amide bonds. The first kappa shape index (κ1) is 71.1. The van der Waals surface area contributed by atoms with Gasteiger partial charge in [-0.1, -0.05) is 325 Å². The van der Waals surface area contributed by atoms with E-state index in [9.17, 15) is 4.79 Å². The molecule has 0 heterocycles. The molecule has 4 rings (SSSR count). The first-order valence-electron chi connectivity index (χ1n) is 32.0. The van der Waals surface area contributed by atoms with Crippen LogP contribution in [0.1, 0.15) is 274 Å². The fourth-order valence-corrected chi connectivity index (χ4v) is 23.4. The average molecular weight is 1240 g/mol. The first-order chi connectivity index (χ1) is 39.4. The summed E-state index contributed by atoms with van der Waals surface area (Å²) < 4.78 is 14.2. The van der Waals surface area contributed by atoms with Crippen LogP contribution < -0.4 is 14.8 Å². The molecule has 4 unspecified atom stereocenters. The maximum atomic E-state index is 13.3. The van der Waals surface area contributed by atoms with Gasteiger partial charge in [-0.3, -0.25) is 4.79 Å². The van der Waals surface area contributed by atoms with Crippen LogP contribution in [-0.2, 0) is 41.2 Å². The Bertz CT molecular complexity index is 2100. The predicted molar refractivity (Wildman–Crippen MR) is 371 cm³/mol. The molecule has 0 saturated heterocycles. The fraction of sp³-hybridized carbons (Fsp3) is 0.632. The van der Waals surface area contributed by atoms with E-state index >= 15 is 0 Å². The number of ether oxygens (including phenoxy) is 2. The average Bonchev–Trinajstić information content (AvgIpc) is 3.47. The molecule has 0 aliphatic heterocycles. The fourth-order valence-electron chi connectivity index (χ4n) is 10.4. The monoisotopic (exact) mass is 1240 g/mol. The van der Waals surface area contributed by atoms with Crippen molar-refractivity contribution >= 4 is 85.2 Å². The van der Waals surface area contributed by atoms with Gasteiger partial charge in [0.2, 0.25) is 5.91 Å². The van der Waals surface area contributed by atoms with Crippen LogP contribution in [-0.4, -0.2) is 17.5 Å². The molecular weight excluding hydrogens is 1130 g/mol. The molecule has 0 saturated carbocycles. The standard InChI is InChI=1S/C68H107NO3P2S6/c1-5-9-13-17-21-25-27-31-43-58-45-35-39-49-62(58)71-64(51-33-29-23-19-15-11-7-3)60-47-37-41-53-66(60)79-73(75)77-56-55-68(70)69-57-78-74(76)80-67-54-42-38-48-61(67)65(52-34-30-24-20-16-12-8-4)72-63-50-40-36-46-59(63)44-32-28-26-22-18-14-10-6-2/h35-42,45-50,53-54,64-65,73-74H,5-34,43-44,51-52,55-57H2,1-4H3,(H,69,70). The van der Waals surface area contributed by atoms with Crippen molar-refractivity contribution in [3.63, 3.8) is 0 Å². The number of carbonyl (C=O) groups is 1. The molecule has 0 aliphatic carbocycles. The maximum absolute atomic E-state index is 13.3. The van der Waals surface area contributed by atoms with Crippen molar-refractivity contribution in [1.82, 2.24) is 5.32 Å². The van der Waals surface area contributed by atoms with E-state index in [4.69, 9.17) is 33.1 Å². The number of aryl methyl sites for hydroxylation is 2. The van der Waals surface area contributed by atoms with Crippen LogP contribution >= 0.6 is 55.7 Å². The minimum Gasteiger partial charge on any atom is -0.485 e. The molecule has 1 N–H and O–H groups in total. The Morgan fingerprint density at radius 2 is 0.775 bits per heavy atom. The molecule has 80 heavy (non-hydrogen) atoms. The van der Waals surface area contributed by atoms with Crippen molar-refractivity contribution in [1.29, 1.82) is 0 Å². The van der Waals surface area contributed by atoms with Gasteiger partial charge in [0.25, 0.3) is 0 Å². The Balaban J connectivity index is 1.30. The number of hydrogen-bond acceptors (Lipinski definition) is 9. The van der Waals surface area contributed by atoms with Crippen LogP contribution in [0, 0.1) is 0 Å². The van der Waals surface area contributed by atoms with Crippen molar-refractivity contribution < 1.29 is 14.3 Å².